The second-order valence-corrected chi connectivity index (χ2v) is 8.91. The Balaban J connectivity index is 1.40. The first-order valence-electron chi connectivity index (χ1n) is 11.6. The van der Waals surface area contributed by atoms with Crippen molar-refractivity contribution in [2.75, 3.05) is 0 Å². The number of aromatic nitrogens is 6. The molecular formula is C25H24N6O3. The molecule has 1 aliphatic rings. The van der Waals surface area contributed by atoms with Crippen molar-refractivity contribution in [3.8, 4) is 11.6 Å². The Kier molecular flexibility index (Phi) is 5.18. The molecule has 0 amide bonds. The van der Waals surface area contributed by atoms with Gasteiger partial charge in [-0.2, -0.15) is 5.10 Å². The van der Waals surface area contributed by atoms with E-state index in [0.717, 1.165) is 31.2 Å². The molecule has 6 rings (SSSR count). The maximum Gasteiger partial charge on any atom is 0.217 e. The third-order valence-corrected chi connectivity index (χ3v) is 6.64. The molecule has 1 N–H and O–H groups in total. The van der Waals surface area contributed by atoms with Crippen LogP contribution in [0.25, 0.3) is 28.3 Å². The predicted octanol–water partition coefficient (Wildman–Crippen LogP) is 3.83. The summed E-state index contributed by atoms with van der Waals surface area (Å²) in [5, 5.41) is 19.6. The molecule has 1 aromatic carbocycles. The van der Waals surface area contributed by atoms with Crippen molar-refractivity contribution in [3.05, 3.63) is 66.8 Å². The van der Waals surface area contributed by atoms with Crippen molar-refractivity contribution < 1.29 is 14.3 Å². The Labute approximate surface area is 195 Å². The minimum Gasteiger partial charge on any atom is -0.461 e. The van der Waals surface area contributed by atoms with Gasteiger partial charge >= 0.3 is 0 Å². The van der Waals surface area contributed by atoms with E-state index in [0.29, 0.717) is 34.7 Å². The smallest absolute Gasteiger partial charge is 0.217 e. The molecule has 1 fully saturated rings. The minimum absolute atomic E-state index is 0.0944. The topological polar surface area (TPSA) is 111 Å². The number of rotatable bonds is 6. The van der Waals surface area contributed by atoms with Gasteiger partial charge < -0.3 is 9.52 Å². The van der Waals surface area contributed by atoms with Crippen LogP contribution in [0.15, 0.2) is 65.7 Å². The van der Waals surface area contributed by atoms with Gasteiger partial charge in [0.2, 0.25) is 5.82 Å². The Morgan fingerprint density at radius 1 is 1.09 bits per heavy atom. The normalized spacial score (nSPS) is 19.6. The van der Waals surface area contributed by atoms with Crippen molar-refractivity contribution >= 4 is 22.5 Å². The fourth-order valence-electron chi connectivity index (χ4n) is 4.88. The Hall–Kier alpha value is -3.85. The largest absolute Gasteiger partial charge is 0.461 e. The number of hydrogen-bond acceptors (Lipinski definition) is 7. The number of carbonyl (C=O) groups excluding carboxylic acids is 1. The van der Waals surface area contributed by atoms with Gasteiger partial charge in [-0.1, -0.05) is 30.3 Å². The first kappa shape index (κ1) is 20.7. The number of carbonyl (C=O) groups is 1. The van der Waals surface area contributed by atoms with Crippen LogP contribution in [-0.2, 0) is 4.79 Å². The summed E-state index contributed by atoms with van der Waals surface area (Å²) < 4.78 is 8.73. The highest BCUT2D eigenvalue weighted by Gasteiger charge is 2.30. The summed E-state index contributed by atoms with van der Waals surface area (Å²) in [6.45, 7) is 0. The van der Waals surface area contributed by atoms with Gasteiger partial charge in [0.1, 0.15) is 12.4 Å². The van der Waals surface area contributed by atoms with E-state index in [9.17, 15) is 9.90 Å². The van der Waals surface area contributed by atoms with E-state index in [-0.39, 0.29) is 17.8 Å². The number of Topliss-reactive ketones (excluding diaryl/α,β-unsaturated/α-hetero) is 1. The van der Waals surface area contributed by atoms with E-state index in [1.165, 1.54) is 0 Å². The van der Waals surface area contributed by atoms with Crippen molar-refractivity contribution in [3.63, 3.8) is 0 Å². The standard InChI is InChI=1S/C25H24N6O3/c32-18-10-8-16(9-11-18)13-20(33)22(17-5-2-1-3-6-17)31-24-19(14-27-31)25-28-23(21-7-4-12-34-21)29-30(25)15-26-24/h1-7,12,14-16,18,22,32H,8-11,13H2/t16?,18?,22-/m1/s1. The fraction of sp³-hybridized carbons (Fsp3) is 0.320. The van der Waals surface area contributed by atoms with E-state index in [1.54, 1.807) is 40.1 Å². The van der Waals surface area contributed by atoms with Gasteiger partial charge in [-0.05, 0) is 49.3 Å². The SMILES string of the molecule is O=C(CC1CCC(O)CC1)[C@@H](c1ccccc1)n1ncc2c1ncn1nc(-c3ccco3)nc21. The van der Waals surface area contributed by atoms with Crippen LogP contribution in [0.5, 0.6) is 0 Å². The number of ketones is 1. The molecule has 5 aromatic rings. The molecular weight excluding hydrogens is 432 g/mol. The molecule has 9 nitrogen and oxygen atoms in total. The molecule has 9 heteroatoms. The predicted molar refractivity (Wildman–Crippen MR) is 124 cm³/mol. The quantitative estimate of drug-likeness (QED) is 0.413. The summed E-state index contributed by atoms with van der Waals surface area (Å²) in [6.07, 6.45) is 8.30. The van der Waals surface area contributed by atoms with E-state index in [2.05, 4.69) is 20.2 Å². The number of hydrogen-bond donors (Lipinski definition) is 1. The summed E-state index contributed by atoms with van der Waals surface area (Å²) in [4.78, 5) is 22.9. The minimum atomic E-state index is -0.590. The van der Waals surface area contributed by atoms with E-state index < -0.39 is 6.04 Å². The maximum absolute atomic E-state index is 13.7. The lowest BCUT2D eigenvalue weighted by Crippen LogP contribution is -2.26. The van der Waals surface area contributed by atoms with Crippen LogP contribution in [0.2, 0.25) is 0 Å². The molecule has 34 heavy (non-hydrogen) atoms. The molecule has 4 aromatic heterocycles. The van der Waals surface area contributed by atoms with Crippen LogP contribution < -0.4 is 0 Å². The molecule has 1 saturated carbocycles. The van der Waals surface area contributed by atoms with Crippen LogP contribution in [0.3, 0.4) is 0 Å². The molecule has 0 spiro atoms. The molecule has 0 radical (unpaired) electrons. The van der Waals surface area contributed by atoms with Crippen LogP contribution in [-0.4, -0.2) is 46.4 Å². The Bertz CT molecular complexity index is 1430. The fourth-order valence-corrected chi connectivity index (χ4v) is 4.88. The van der Waals surface area contributed by atoms with Crippen molar-refractivity contribution in [1.82, 2.24) is 29.4 Å². The van der Waals surface area contributed by atoms with Gasteiger partial charge in [0.05, 0.1) is 24.0 Å². The van der Waals surface area contributed by atoms with Crippen molar-refractivity contribution in [1.29, 1.82) is 0 Å². The number of aliphatic hydroxyl groups excluding tert-OH is 1. The second kappa shape index (κ2) is 8.49. The number of furan rings is 1. The molecule has 0 saturated heterocycles. The van der Waals surface area contributed by atoms with Crippen LogP contribution in [0.4, 0.5) is 0 Å². The molecule has 0 aliphatic heterocycles. The summed E-state index contributed by atoms with van der Waals surface area (Å²) in [6, 6.07) is 12.7. The van der Waals surface area contributed by atoms with Gasteiger partial charge in [-0.25, -0.2) is 19.2 Å². The van der Waals surface area contributed by atoms with E-state index in [1.807, 2.05) is 30.3 Å². The monoisotopic (exact) mass is 456 g/mol. The summed E-state index contributed by atoms with van der Waals surface area (Å²) >= 11 is 0. The third kappa shape index (κ3) is 3.67. The summed E-state index contributed by atoms with van der Waals surface area (Å²) in [5.74, 6) is 1.40. The van der Waals surface area contributed by atoms with Crippen LogP contribution in [0, 0.1) is 5.92 Å². The highest BCUT2D eigenvalue weighted by Crippen LogP contribution is 2.32. The first-order chi connectivity index (χ1) is 16.7. The number of aliphatic hydroxyl groups is 1. The molecule has 0 unspecified atom stereocenters. The lowest BCUT2D eigenvalue weighted by Gasteiger charge is -2.26. The maximum atomic E-state index is 13.7. The van der Waals surface area contributed by atoms with Crippen LogP contribution >= 0.6 is 0 Å². The van der Waals surface area contributed by atoms with E-state index >= 15 is 0 Å². The molecule has 4 heterocycles. The zero-order valence-electron chi connectivity index (χ0n) is 18.5. The zero-order valence-corrected chi connectivity index (χ0v) is 18.5. The Morgan fingerprint density at radius 2 is 1.91 bits per heavy atom. The molecule has 1 aliphatic carbocycles. The average Bonchev–Trinajstić information content (AvgIpc) is 3.61. The van der Waals surface area contributed by atoms with Gasteiger partial charge in [0.25, 0.3) is 0 Å². The van der Waals surface area contributed by atoms with Gasteiger partial charge in [0.15, 0.2) is 22.8 Å². The zero-order chi connectivity index (χ0) is 23.1. The van der Waals surface area contributed by atoms with E-state index in [4.69, 9.17) is 4.42 Å². The van der Waals surface area contributed by atoms with Crippen LogP contribution in [0.1, 0.15) is 43.7 Å². The van der Waals surface area contributed by atoms with Gasteiger partial charge in [0, 0.05) is 6.42 Å². The second-order valence-electron chi connectivity index (χ2n) is 8.91. The van der Waals surface area contributed by atoms with Gasteiger partial charge in [-0.15, -0.1) is 5.10 Å². The Morgan fingerprint density at radius 3 is 2.68 bits per heavy atom. The molecule has 1 atom stereocenters. The van der Waals surface area contributed by atoms with Crippen molar-refractivity contribution in [2.24, 2.45) is 5.92 Å². The first-order valence-corrected chi connectivity index (χ1v) is 11.6. The lowest BCUT2D eigenvalue weighted by atomic mass is 9.82. The molecule has 0 bridgehead atoms. The summed E-state index contributed by atoms with van der Waals surface area (Å²) in [7, 11) is 0. The highest BCUT2D eigenvalue weighted by molar-refractivity contribution is 5.92. The highest BCUT2D eigenvalue weighted by atomic mass is 16.3. The third-order valence-electron chi connectivity index (χ3n) is 6.64. The number of benzene rings is 1. The number of nitrogens with zero attached hydrogens (tertiary/aromatic N) is 6. The number of fused-ring (bicyclic) bond motifs is 3. The average molecular weight is 457 g/mol. The lowest BCUT2D eigenvalue weighted by molar-refractivity contribution is -0.122. The van der Waals surface area contributed by atoms with Crippen molar-refractivity contribution in [2.45, 2.75) is 44.2 Å². The molecule has 172 valence electrons. The summed E-state index contributed by atoms with van der Waals surface area (Å²) in [5.41, 5.74) is 2.04. The van der Waals surface area contributed by atoms with Gasteiger partial charge in [-0.3, -0.25) is 4.79 Å².